The minimum Gasteiger partial charge on any atom is -0.245 e. The van der Waals surface area contributed by atoms with Gasteiger partial charge in [0.15, 0.2) is 6.20 Å². The highest BCUT2D eigenvalue weighted by molar-refractivity contribution is 9.24. The Kier molecular flexibility index (Phi) is 10.7. The van der Waals surface area contributed by atoms with E-state index < -0.39 is 0 Å². The van der Waals surface area contributed by atoms with Crippen molar-refractivity contribution in [3.63, 3.8) is 0 Å². The third-order valence-electron chi connectivity index (χ3n) is 1.69. The summed E-state index contributed by atoms with van der Waals surface area (Å²) >= 11 is 13.9. The summed E-state index contributed by atoms with van der Waals surface area (Å²) < 4.78 is 0.414. The molecule has 0 atom stereocenters. The second-order valence-corrected chi connectivity index (χ2v) is 8.92. The normalized spacial score (nSPS) is 9.78. The van der Waals surface area contributed by atoms with Gasteiger partial charge in [-0.1, -0.05) is 88.0 Å². The molecule has 6 heteroatoms. The zero-order valence-electron chi connectivity index (χ0n) is 9.03. The molecule has 0 aliphatic carbocycles. The highest BCUT2D eigenvalue weighted by Crippen LogP contribution is 2.39. The first-order valence-electron chi connectivity index (χ1n) is 4.60. The lowest BCUT2D eigenvalue weighted by Gasteiger charge is -2.10. The monoisotopic (exact) mass is 496 g/mol. The van der Waals surface area contributed by atoms with Gasteiger partial charge in [0.1, 0.15) is 0 Å². The average Bonchev–Trinajstić information content (AvgIpc) is 2.37. The summed E-state index contributed by atoms with van der Waals surface area (Å²) in [7, 11) is 0. The van der Waals surface area contributed by atoms with E-state index in [2.05, 4.69) is 80.7 Å². The van der Waals surface area contributed by atoms with Crippen molar-refractivity contribution in [2.24, 2.45) is 0 Å². The quantitative estimate of drug-likeness (QED) is 0.270. The second kappa shape index (κ2) is 10.8. The number of allylic oxidation sites excluding steroid dienone is 1. The molecule has 0 heterocycles. The summed E-state index contributed by atoms with van der Waals surface area (Å²) in [5.41, 5.74) is 2.47. The van der Waals surface area contributed by atoms with E-state index in [4.69, 9.17) is 11.8 Å². The predicted octanol–water partition coefficient (Wildman–Crippen LogP) is 6.21. The molecule has 0 aromatic heterocycles. The lowest BCUT2D eigenvalue weighted by Crippen LogP contribution is -1.90. The lowest BCUT2D eigenvalue weighted by molar-refractivity contribution is 1.29. The first-order valence-corrected chi connectivity index (χ1v) is 8.27. The summed E-state index contributed by atoms with van der Waals surface area (Å²) in [6, 6.07) is 9.89. The van der Waals surface area contributed by atoms with Crippen molar-refractivity contribution in [1.29, 1.82) is 5.26 Å². The summed E-state index contributed by atoms with van der Waals surface area (Å²) in [4.78, 5) is 2.77. The van der Waals surface area contributed by atoms with E-state index in [-0.39, 0.29) is 7.47 Å². The molecule has 0 saturated heterocycles. The number of alkyl halides is 4. The molecule has 1 aromatic carbocycles. The maximum Gasteiger partial charge on any atom is 0.164 e. The zero-order chi connectivity index (χ0) is 14.0. The highest BCUT2D eigenvalue weighted by atomic mass is 79.9. The van der Waals surface area contributed by atoms with Crippen molar-refractivity contribution in [2.75, 3.05) is 0 Å². The van der Waals surface area contributed by atoms with Gasteiger partial charge in [-0.3, -0.25) is 0 Å². The van der Waals surface area contributed by atoms with Crippen molar-refractivity contribution in [1.82, 2.24) is 0 Å². The molecule has 0 aliphatic rings. The van der Waals surface area contributed by atoms with Crippen molar-refractivity contribution in [3.05, 3.63) is 59.1 Å². The lowest BCUT2D eigenvalue weighted by atomic mass is 10.1. The molecular weight excluding hydrogens is 492 g/mol. The van der Waals surface area contributed by atoms with Crippen molar-refractivity contribution < 1.29 is 0 Å². The van der Waals surface area contributed by atoms with Gasteiger partial charge in [0.2, 0.25) is 0 Å². The number of rotatable bonds is 2. The summed E-state index contributed by atoms with van der Waals surface area (Å²) in [5.74, 6) is 0. The molecule has 0 unspecified atom stereocenters. The Bertz CT molecular complexity index is 427. The minimum absolute atomic E-state index is 0.207. The molecule has 0 aliphatic heterocycles. The van der Waals surface area contributed by atoms with Crippen molar-refractivity contribution >= 4 is 63.7 Å². The maximum absolute atomic E-state index is 7.72. The third-order valence-corrected chi connectivity index (χ3v) is 3.66. The molecule has 18 heavy (non-hydrogen) atoms. The Hall–Kier alpha value is -0.140. The van der Waals surface area contributed by atoms with Gasteiger partial charge < -0.3 is 0 Å². The Morgan fingerprint density at radius 1 is 1.11 bits per heavy atom. The molecule has 0 saturated carbocycles. The van der Waals surface area contributed by atoms with Crippen LogP contribution < -0.4 is 0 Å². The summed E-state index contributed by atoms with van der Waals surface area (Å²) in [6.07, 6.45) is 2.24. The summed E-state index contributed by atoms with van der Waals surface area (Å²) in [6.45, 7) is 6.09. The number of benzene rings is 1. The van der Waals surface area contributed by atoms with Crippen LogP contribution in [0.4, 0.5) is 0 Å². The van der Waals surface area contributed by atoms with Gasteiger partial charge in [-0.15, -0.1) is 0 Å². The molecule has 1 aromatic rings. The van der Waals surface area contributed by atoms with Crippen LogP contribution in [0.3, 0.4) is 0 Å². The van der Waals surface area contributed by atoms with E-state index in [1.54, 1.807) is 6.07 Å². The van der Waals surface area contributed by atoms with Crippen LogP contribution in [0.5, 0.6) is 0 Å². The van der Waals surface area contributed by atoms with Crippen LogP contribution in [0.15, 0.2) is 36.5 Å². The summed E-state index contributed by atoms with van der Waals surface area (Å²) in [5, 5.41) is 7.72. The van der Waals surface area contributed by atoms with Gasteiger partial charge >= 0.3 is 0 Å². The molecular formula is C12H8Br4N2. The van der Waals surface area contributed by atoms with E-state index in [9.17, 15) is 0 Å². The van der Waals surface area contributed by atoms with Crippen LogP contribution in [0.1, 0.15) is 18.6 Å². The van der Waals surface area contributed by atoms with Crippen LogP contribution in [0.25, 0.3) is 4.85 Å². The largest absolute Gasteiger partial charge is 0.245 e. The topological polar surface area (TPSA) is 28.1 Å². The number of hydrogen-bond acceptors (Lipinski definition) is 1. The van der Waals surface area contributed by atoms with Gasteiger partial charge in [0, 0.05) is 6.08 Å². The van der Waals surface area contributed by atoms with Crippen LogP contribution >= 0.6 is 63.7 Å². The molecule has 0 spiro atoms. The Labute approximate surface area is 140 Å². The SMILES string of the molecule is BrC(Br)c1ccccc1C(Br)Br.[C-]#[N+]/C=C/C#N. The minimum atomic E-state index is 0.207. The highest BCUT2D eigenvalue weighted by Gasteiger charge is 2.12. The molecule has 0 radical (unpaired) electrons. The van der Waals surface area contributed by atoms with Gasteiger partial charge in [0.25, 0.3) is 0 Å². The molecule has 0 N–H and O–H groups in total. The first-order chi connectivity index (χ1) is 8.54. The van der Waals surface area contributed by atoms with Crippen molar-refractivity contribution in [2.45, 2.75) is 7.47 Å². The van der Waals surface area contributed by atoms with Crippen LogP contribution in [-0.4, -0.2) is 0 Å². The van der Waals surface area contributed by atoms with E-state index in [1.807, 2.05) is 12.1 Å². The standard InChI is InChI=1S/C8H6Br4.C4H2N2/c9-7(10)5-3-1-2-4-6(5)8(11)12;1-6-4-2-3-5/h1-4,7-8H;2,4H/b;4-2+. The Balaban J connectivity index is 0.000000411. The molecule has 0 amide bonds. The molecule has 2 nitrogen and oxygen atoms in total. The van der Waals surface area contributed by atoms with E-state index in [0.29, 0.717) is 0 Å². The van der Waals surface area contributed by atoms with Crippen LogP contribution in [0.2, 0.25) is 0 Å². The smallest absolute Gasteiger partial charge is 0.164 e. The van der Waals surface area contributed by atoms with E-state index in [1.165, 1.54) is 11.1 Å². The van der Waals surface area contributed by atoms with E-state index in [0.717, 1.165) is 12.3 Å². The van der Waals surface area contributed by atoms with Gasteiger partial charge in [-0.05, 0) is 11.1 Å². The molecule has 0 fully saturated rings. The van der Waals surface area contributed by atoms with Gasteiger partial charge in [0.05, 0.1) is 20.1 Å². The fourth-order valence-electron chi connectivity index (χ4n) is 0.979. The predicted molar refractivity (Wildman–Crippen MR) is 89.0 cm³/mol. The second-order valence-electron chi connectivity index (χ2n) is 2.80. The number of nitrogens with zero attached hydrogens (tertiary/aromatic N) is 2. The van der Waals surface area contributed by atoms with Crippen LogP contribution in [-0.2, 0) is 0 Å². The third kappa shape index (κ3) is 7.33. The molecule has 1 rings (SSSR count). The zero-order valence-corrected chi connectivity index (χ0v) is 15.4. The first kappa shape index (κ1) is 17.9. The Morgan fingerprint density at radius 3 is 1.78 bits per heavy atom. The fourth-order valence-corrected chi connectivity index (χ4v) is 2.65. The van der Waals surface area contributed by atoms with E-state index >= 15 is 0 Å². The van der Waals surface area contributed by atoms with Gasteiger partial charge in [-0.2, -0.15) is 5.26 Å². The molecule has 94 valence electrons. The Morgan fingerprint density at radius 2 is 1.56 bits per heavy atom. The maximum atomic E-state index is 7.72. The van der Waals surface area contributed by atoms with Gasteiger partial charge in [-0.25, -0.2) is 4.85 Å². The average molecular weight is 500 g/mol. The number of hydrogen-bond donors (Lipinski definition) is 0. The van der Waals surface area contributed by atoms with Crippen molar-refractivity contribution in [3.8, 4) is 6.07 Å². The number of halogens is 4. The molecule has 0 bridgehead atoms. The fraction of sp³-hybridized carbons (Fsp3) is 0.167. The number of nitriles is 1. The van der Waals surface area contributed by atoms with Crippen LogP contribution in [0, 0.1) is 17.9 Å².